The number of rotatable bonds is 8. The number of sulfone groups is 1. The van der Waals surface area contributed by atoms with E-state index in [2.05, 4.69) is 20.9 Å². The molecule has 1 aliphatic heterocycles. The molecule has 0 aliphatic carbocycles. The van der Waals surface area contributed by atoms with Gasteiger partial charge >= 0.3 is 6.03 Å². The highest BCUT2D eigenvalue weighted by atomic mass is 32.2. The lowest BCUT2D eigenvalue weighted by Crippen LogP contribution is -2.43. The summed E-state index contributed by atoms with van der Waals surface area (Å²) in [6.07, 6.45) is 1.65. The zero-order valence-electron chi connectivity index (χ0n) is 17.9. The second kappa shape index (κ2) is 10.8. The van der Waals surface area contributed by atoms with Crippen molar-refractivity contribution in [2.45, 2.75) is 32.4 Å². The highest BCUT2D eigenvalue weighted by molar-refractivity contribution is 7.91. The number of nitrogens with zero attached hydrogens (tertiary/aromatic N) is 1. The smallest absolute Gasteiger partial charge is 0.308 e. The Balaban J connectivity index is 1.51. The number of halogens is 2. The van der Waals surface area contributed by atoms with Crippen LogP contribution in [-0.4, -0.2) is 50.1 Å². The number of piperidine rings is 1. The van der Waals surface area contributed by atoms with Crippen LogP contribution in [0.15, 0.2) is 42.5 Å². The molecule has 0 saturated carbocycles. The number of hydrogen-bond acceptors (Lipinski definition) is 5. The summed E-state index contributed by atoms with van der Waals surface area (Å²) < 4.78 is 50.5. The number of hydrogen-bond donors (Lipinski definition) is 3. The fourth-order valence-electron chi connectivity index (χ4n) is 3.48. The molecule has 174 valence electrons. The van der Waals surface area contributed by atoms with Crippen LogP contribution in [0.4, 0.5) is 25.0 Å². The van der Waals surface area contributed by atoms with Crippen molar-refractivity contribution in [1.29, 1.82) is 0 Å². The summed E-state index contributed by atoms with van der Waals surface area (Å²) in [6, 6.07) is 9.39. The zero-order valence-corrected chi connectivity index (χ0v) is 18.7. The van der Waals surface area contributed by atoms with E-state index in [1.54, 1.807) is 19.1 Å². The van der Waals surface area contributed by atoms with Crippen molar-refractivity contribution < 1.29 is 22.0 Å². The van der Waals surface area contributed by atoms with E-state index in [-0.39, 0.29) is 23.4 Å². The lowest BCUT2D eigenvalue weighted by molar-refractivity contribution is 0.193. The van der Waals surface area contributed by atoms with Crippen molar-refractivity contribution in [3.05, 3.63) is 59.7 Å². The van der Waals surface area contributed by atoms with E-state index in [1.165, 1.54) is 30.3 Å². The summed E-state index contributed by atoms with van der Waals surface area (Å²) in [5, 5.41) is 8.14. The van der Waals surface area contributed by atoms with Crippen molar-refractivity contribution in [2.24, 2.45) is 0 Å². The summed E-state index contributed by atoms with van der Waals surface area (Å²) in [4.78, 5) is 14.4. The molecular formula is C22H28F2N4O3S. The molecule has 2 aromatic rings. The van der Waals surface area contributed by atoms with Crippen molar-refractivity contribution in [3.8, 4) is 0 Å². The second-order valence-electron chi connectivity index (χ2n) is 7.83. The Morgan fingerprint density at radius 2 is 1.75 bits per heavy atom. The normalized spacial score (nSPS) is 15.5. The van der Waals surface area contributed by atoms with E-state index < -0.39 is 27.5 Å². The van der Waals surface area contributed by atoms with Crippen LogP contribution in [0.3, 0.4) is 0 Å². The molecule has 0 atom stereocenters. The molecule has 2 aromatic carbocycles. The molecule has 1 saturated heterocycles. The number of benzene rings is 2. The van der Waals surface area contributed by atoms with Crippen LogP contribution in [0.5, 0.6) is 0 Å². The molecule has 3 N–H and O–H groups in total. The first-order chi connectivity index (χ1) is 15.2. The van der Waals surface area contributed by atoms with E-state index in [1.807, 2.05) is 0 Å². The van der Waals surface area contributed by atoms with Gasteiger partial charge in [-0.05, 0) is 67.9 Å². The van der Waals surface area contributed by atoms with Crippen LogP contribution >= 0.6 is 0 Å². The molecule has 0 unspecified atom stereocenters. The van der Waals surface area contributed by atoms with Gasteiger partial charge in [0, 0.05) is 24.0 Å². The van der Waals surface area contributed by atoms with Gasteiger partial charge in [-0.2, -0.15) is 0 Å². The van der Waals surface area contributed by atoms with Crippen LogP contribution in [0, 0.1) is 11.6 Å². The van der Waals surface area contributed by atoms with E-state index in [9.17, 15) is 22.0 Å². The van der Waals surface area contributed by atoms with Crippen molar-refractivity contribution in [1.82, 2.24) is 10.2 Å². The Kier molecular flexibility index (Phi) is 8.16. The van der Waals surface area contributed by atoms with Crippen molar-refractivity contribution >= 4 is 27.2 Å². The summed E-state index contributed by atoms with van der Waals surface area (Å²) >= 11 is 0. The predicted molar refractivity (Wildman–Crippen MR) is 121 cm³/mol. The van der Waals surface area contributed by atoms with Crippen LogP contribution in [-0.2, 0) is 16.4 Å². The molecule has 3 rings (SSSR count). The highest BCUT2D eigenvalue weighted by Gasteiger charge is 2.21. The Labute approximate surface area is 187 Å². The third-order valence-corrected chi connectivity index (χ3v) is 6.89. The van der Waals surface area contributed by atoms with E-state index in [4.69, 9.17) is 0 Å². The minimum atomic E-state index is -3.04. The van der Waals surface area contributed by atoms with Gasteiger partial charge in [-0.3, -0.25) is 4.90 Å². The SMILES string of the molecule is CCS(=O)(=O)CNC1CCN(Cc2ccc(F)c(NC(=O)Nc3ccc(F)cc3)c2)CC1. The fourth-order valence-corrected chi connectivity index (χ4v) is 4.18. The highest BCUT2D eigenvalue weighted by Crippen LogP contribution is 2.20. The Bertz CT molecular complexity index is 1020. The quantitative estimate of drug-likeness (QED) is 0.554. The molecule has 32 heavy (non-hydrogen) atoms. The molecule has 10 heteroatoms. The average molecular weight is 467 g/mol. The van der Waals surface area contributed by atoms with Crippen molar-refractivity contribution in [2.75, 3.05) is 35.4 Å². The lowest BCUT2D eigenvalue weighted by atomic mass is 10.0. The molecule has 0 radical (unpaired) electrons. The molecule has 1 fully saturated rings. The number of urea groups is 1. The third-order valence-electron chi connectivity index (χ3n) is 5.41. The maximum Gasteiger partial charge on any atom is 0.323 e. The third kappa shape index (κ3) is 7.25. The monoisotopic (exact) mass is 466 g/mol. The number of likely N-dealkylation sites (tertiary alicyclic amines) is 1. The van der Waals surface area contributed by atoms with Gasteiger partial charge in [0.2, 0.25) is 0 Å². The number of anilines is 2. The molecular weight excluding hydrogens is 438 g/mol. The van der Waals surface area contributed by atoms with Crippen LogP contribution in [0.1, 0.15) is 25.3 Å². The van der Waals surface area contributed by atoms with Crippen LogP contribution < -0.4 is 16.0 Å². The van der Waals surface area contributed by atoms with E-state index in [0.29, 0.717) is 12.2 Å². The average Bonchev–Trinajstić information content (AvgIpc) is 2.77. The molecule has 2 amide bonds. The largest absolute Gasteiger partial charge is 0.323 e. The molecule has 1 heterocycles. The predicted octanol–water partition coefficient (Wildman–Crippen LogP) is 3.56. The van der Waals surface area contributed by atoms with Gasteiger partial charge in [-0.25, -0.2) is 22.0 Å². The number of nitrogens with one attached hydrogen (secondary N) is 3. The van der Waals surface area contributed by atoms with Gasteiger partial charge in [0.25, 0.3) is 0 Å². The summed E-state index contributed by atoms with van der Waals surface area (Å²) in [6.45, 7) is 3.80. The second-order valence-corrected chi connectivity index (χ2v) is 10.2. The van der Waals surface area contributed by atoms with Gasteiger partial charge < -0.3 is 16.0 Å². The maximum absolute atomic E-state index is 14.2. The molecule has 0 spiro atoms. The van der Waals surface area contributed by atoms with Gasteiger partial charge in [0.15, 0.2) is 9.84 Å². The first-order valence-electron chi connectivity index (χ1n) is 10.5. The number of carbonyl (C=O) groups excluding carboxylic acids is 1. The minimum absolute atomic E-state index is 0.00114. The van der Waals surface area contributed by atoms with Gasteiger partial charge in [-0.15, -0.1) is 0 Å². The summed E-state index contributed by atoms with van der Waals surface area (Å²) in [5.41, 5.74) is 1.30. The van der Waals surface area contributed by atoms with Crippen LogP contribution in [0.25, 0.3) is 0 Å². The topological polar surface area (TPSA) is 90.5 Å². The van der Waals surface area contributed by atoms with Gasteiger partial charge in [-0.1, -0.05) is 13.0 Å². The van der Waals surface area contributed by atoms with Crippen molar-refractivity contribution in [3.63, 3.8) is 0 Å². The standard InChI is InChI=1S/C22H28F2N4O3S/c1-2-32(30,31)15-25-18-9-11-28(12-10-18)14-16-3-8-20(24)21(13-16)27-22(29)26-19-6-4-17(23)5-7-19/h3-8,13,18,25H,2,9-12,14-15H2,1H3,(H2,26,27,29). The van der Waals surface area contributed by atoms with E-state index in [0.717, 1.165) is 31.5 Å². The first kappa shape index (κ1) is 24.1. The van der Waals surface area contributed by atoms with Gasteiger partial charge in [0.05, 0.1) is 11.6 Å². The molecule has 7 nitrogen and oxygen atoms in total. The maximum atomic E-state index is 14.2. The molecule has 0 aromatic heterocycles. The zero-order chi connectivity index (χ0) is 23.1. The Hall–Kier alpha value is -2.56. The van der Waals surface area contributed by atoms with Crippen LogP contribution in [0.2, 0.25) is 0 Å². The number of amides is 2. The molecule has 0 bridgehead atoms. The summed E-state index contributed by atoms with van der Waals surface area (Å²) in [5.74, 6) is -0.841. The Morgan fingerprint density at radius 1 is 1.06 bits per heavy atom. The van der Waals surface area contributed by atoms with Gasteiger partial charge in [0.1, 0.15) is 11.6 Å². The van der Waals surface area contributed by atoms with E-state index >= 15 is 0 Å². The molecule has 1 aliphatic rings. The lowest BCUT2D eigenvalue weighted by Gasteiger charge is -2.32. The fraction of sp³-hybridized carbons (Fsp3) is 0.409. The summed E-state index contributed by atoms with van der Waals surface area (Å²) in [7, 11) is -3.04. The first-order valence-corrected chi connectivity index (χ1v) is 12.3. The Morgan fingerprint density at radius 3 is 2.41 bits per heavy atom. The minimum Gasteiger partial charge on any atom is -0.308 e. The number of carbonyl (C=O) groups is 1.